The first-order valence-corrected chi connectivity index (χ1v) is 5.99. The number of hydrogen-bond donors (Lipinski definition) is 2. The van der Waals surface area contributed by atoms with Crippen LogP contribution in [0.25, 0.3) is 0 Å². The zero-order valence-corrected chi connectivity index (χ0v) is 7.97. The minimum atomic E-state index is -2.99. The summed E-state index contributed by atoms with van der Waals surface area (Å²) in [6.07, 6.45) is 0.227. The molecule has 1 aliphatic heterocycles. The SMILES string of the molecule is CCCN[C@H]1CS(=O)(=O)C[C@@H]1O. The van der Waals surface area contributed by atoms with Crippen LogP contribution in [0.4, 0.5) is 0 Å². The van der Waals surface area contributed by atoms with Gasteiger partial charge in [-0.3, -0.25) is 0 Å². The second-order valence-corrected chi connectivity index (χ2v) is 5.36. The maximum atomic E-state index is 11.0. The van der Waals surface area contributed by atoms with Gasteiger partial charge in [-0.15, -0.1) is 0 Å². The molecule has 4 nitrogen and oxygen atoms in total. The number of sulfone groups is 1. The molecule has 72 valence electrons. The molecular formula is C7H15NO3S. The zero-order chi connectivity index (χ0) is 9.19. The van der Waals surface area contributed by atoms with Crippen LogP contribution in [0.2, 0.25) is 0 Å². The molecule has 1 rings (SSSR count). The Morgan fingerprint density at radius 1 is 1.50 bits per heavy atom. The fourth-order valence-electron chi connectivity index (χ4n) is 1.35. The van der Waals surface area contributed by atoms with Crippen molar-refractivity contribution in [1.29, 1.82) is 0 Å². The lowest BCUT2D eigenvalue weighted by Crippen LogP contribution is -2.39. The van der Waals surface area contributed by atoms with Crippen molar-refractivity contribution in [3.63, 3.8) is 0 Å². The first kappa shape index (κ1) is 9.95. The standard InChI is InChI=1S/C7H15NO3S/c1-2-3-8-6-4-12(10,11)5-7(6)9/h6-9H,2-5H2,1H3/t6-,7-/m0/s1. The Morgan fingerprint density at radius 2 is 2.17 bits per heavy atom. The van der Waals surface area contributed by atoms with Gasteiger partial charge in [0.1, 0.15) is 0 Å². The predicted octanol–water partition coefficient (Wildman–Crippen LogP) is -0.856. The van der Waals surface area contributed by atoms with Crippen LogP contribution in [0.15, 0.2) is 0 Å². The van der Waals surface area contributed by atoms with Gasteiger partial charge >= 0.3 is 0 Å². The highest BCUT2D eigenvalue weighted by Crippen LogP contribution is 2.11. The van der Waals surface area contributed by atoms with Crippen LogP contribution >= 0.6 is 0 Å². The van der Waals surface area contributed by atoms with Crippen molar-refractivity contribution >= 4 is 9.84 Å². The van der Waals surface area contributed by atoms with E-state index in [1.807, 2.05) is 6.92 Å². The minimum Gasteiger partial charge on any atom is -0.390 e. The predicted molar refractivity (Wildman–Crippen MR) is 46.7 cm³/mol. The highest BCUT2D eigenvalue weighted by Gasteiger charge is 2.35. The summed E-state index contributed by atoms with van der Waals surface area (Å²) < 4.78 is 22.0. The lowest BCUT2D eigenvalue weighted by Gasteiger charge is -2.13. The first-order valence-electron chi connectivity index (χ1n) is 4.17. The lowest BCUT2D eigenvalue weighted by atomic mass is 10.2. The van der Waals surface area contributed by atoms with Crippen molar-refractivity contribution in [3.8, 4) is 0 Å². The van der Waals surface area contributed by atoms with Crippen molar-refractivity contribution in [1.82, 2.24) is 5.32 Å². The Morgan fingerprint density at radius 3 is 2.58 bits per heavy atom. The van der Waals surface area contributed by atoms with E-state index in [1.165, 1.54) is 0 Å². The molecule has 0 aromatic carbocycles. The lowest BCUT2D eigenvalue weighted by molar-refractivity contribution is 0.166. The Balaban J connectivity index is 2.47. The van der Waals surface area contributed by atoms with Gasteiger partial charge < -0.3 is 10.4 Å². The van der Waals surface area contributed by atoms with E-state index in [4.69, 9.17) is 0 Å². The van der Waals surface area contributed by atoms with Gasteiger partial charge in [0, 0.05) is 6.04 Å². The van der Waals surface area contributed by atoms with E-state index in [9.17, 15) is 13.5 Å². The molecule has 0 aromatic rings. The smallest absolute Gasteiger partial charge is 0.154 e. The minimum absolute atomic E-state index is 0.0775. The van der Waals surface area contributed by atoms with Crippen LogP contribution in [0.5, 0.6) is 0 Å². The number of nitrogens with one attached hydrogen (secondary N) is 1. The van der Waals surface area contributed by atoms with Crippen LogP contribution in [0.3, 0.4) is 0 Å². The molecule has 1 heterocycles. The zero-order valence-electron chi connectivity index (χ0n) is 7.16. The molecular weight excluding hydrogens is 178 g/mol. The molecule has 0 unspecified atom stereocenters. The van der Waals surface area contributed by atoms with E-state index >= 15 is 0 Å². The summed E-state index contributed by atoms with van der Waals surface area (Å²) in [6, 6.07) is -0.255. The molecule has 0 radical (unpaired) electrons. The van der Waals surface area contributed by atoms with Crippen molar-refractivity contribution in [3.05, 3.63) is 0 Å². The second-order valence-electron chi connectivity index (χ2n) is 3.20. The molecule has 0 aromatic heterocycles. The number of rotatable bonds is 3. The summed E-state index contributed by atoms with van der Waals surface area (Å²) in [5, 5.41) is 12.3. The summed E-state index contributed by atoms with van der Waals surface area (Å²) in [7, 11) is -2.99. The van der Waals surface area contributed by atoms with Crippen LogP contribution in [-0.4, -0.2) is 43.7 Å². The average molecular weight is 193 g/mol. The molecule has 0 aliphatic carbocycles. The molecule has 0 amide bonds. The van der Waals surface area contributed by atoms with E-state index in [0.717, 1.165) is 13.0 Å². The maximum absolute atomic E-state index is 11.0. The van der Waals surface area contributed by atoms with Crippen LogP contribution in [0, 0.1) is 0 Å². The van der Waals surface area contributed by atoms with Gasteiger partial charge in [0.25, 0.3) is 0 Å². The van der Waals surface area contributed by atoms with E-state index in [1.54, 1.807) is 0 Å². The summed E-state index contributed by atoms with van der Waals surface area (Å²) in [5.74, 6) is -0.0114. The van der Waals surface area contributed by atoms with E-state index in [2.05, 4.69) is 5.32 Å². The third-order valence-electron chi connectivity index (χ3n) is 1.98. The van der Waals surface area contributed by atoms with E-state index in [-0.39, 0.29) is 17.5 Å². The van der Waals surface area contributed by atoms with Crippen molar-refractivity contribution < 1.29 is 13.5 Å². The van der Waals surface area contributed by atoms with Crippen molar-refractivity contribution in [2.24, 2.45) is 0 Å². The Bertz CT molecular complexity index is 237. The summed E-state index contributed by atoms with van der Waals surface area (Å²) in [6.45, 7) is 2.76. The quantitative estimate of drug-likeness (QED) is 0.612. The average Bonchev–Trinajstić information content (AvgIpc) is 2.20. The highest BCUT2D eigenvalue weighted by atomic mass is 32.2. The molecule has 2 atom stereocenters. The Kier molecular flexibility index (Phi) is 3.09. The molecule has 2 N–H and O–H groups in total. The molecule has 1 fully saturated rings. The third kappa shape index (κ3) is 2.43. The first-order chi connectivity index (χ1) is 5.55. The van der Waals surface area contributed by atoms with Crippen molar-refractivity contribution in [2.45, 2.75) is 25.5 Å². The molecule has 0 bridgehead atoms. The van der Waals surface area contributed by atoms with Gasteiger partial charge in [-0.05, 0) is 13.0 Å². The highest BCUT2D eigenvalue weighted by molar-refractivity contribution is 7.91. The normalized spacial score (nSPS) is 33.8. The van der Waals surface area contributed by atoms with Crippen LogP contribution in [0.1, 0.15) is 13.3 Å². The van der Waals surface area contributed by atoms with Gasteiger partial charge in [-0.25, -0.2) is 8.42 Å². The van der Waals surface area contributed by atoms with E-state index in [0.29, 0.717) is 0 Å². The topological polar surface area (TPSA) is 66.4 Å². The van der Waals surface area contributed by atoms with Gasteiger partial charge in [0.05, 0.1) is 17.6 Å². The fraction of sp³-hybridized carbons (Fsp3) is 1.00. The summed E-state index contributed by atoms with van der Waals surface area (Å²) in [5.41, 5.74) is 0. The molecule has 5 heteroatoms. The maximum Gasteiger partial charge on any atom is 0.154 e. The number of hydrogen-bond acceptors (Lipinski definition) is 4. The Labute approximate surface area is 72.9 Å². The summed E-state index contributed by atoms with van der Waals surface area (Å²) in [4.78, 5) is 0. The largest absolute Gasteiger partial charge is 0.390 e. The third-order valence-corrected chi connectivity index (χ3v) is 3.70. The molecule has 0 saturated carbocycles. The Hall–Kier alpha value is -0.130. The van der Waals surface area contributed by atoms with Gasteiger partial charge in [-0.2, -0.15) is 0 Å². The van der Waals surface area contributed by atoms with Crippen molar-refractivity contribution in [2.75, 3.05) is 18.1 Å². The molecule has 12 heavy (non-hydrogen) atoms. The molecule has 1 saturated heterocycles. The second kappa shape index (κ2) is 3.72. The van der Waals surface area contributed by atoms with Crippen LogP contribution in [-0.2, 0) is 9.84 Å². The summed E-state index contributed by atoms with van der Waals surface area (Å²) >= 11 is 0. The number of aliphatic hydroxyl groups is 1. The van der Waals surface area contributed by atoms with E-state index < -0.39 is 15.9 Å². The molecule has 0 spiro atoms. The monoisotopic (exact) mass is 193 g/mol. The van der Waals surface area contributed by atoms with Crippen LogP contribution < -0.4 is 5.32 Å². The fourth-order valence-corrected chi connectivity index (χ4v) is 3.13. The van der Waals surface area contributed by atoms with Gasteiger partial charge in [0.2, 0.25) is 0 Å². The van der Waals surface area contributed by atoms with Gasteiger partial charge in [0.15, 0.2) is 9.84 Å². The number of aliphatic hydroxyl groups excluding tert-OH is 1. The molecule has 1 aliphatic rings. The van der Waals surface area contributed by atoms with Gasteiger partial charge in [-0.1, -0.05) is 6.92 Å².